The van der Waals surface area contributed by atoms with Gasteiger partial charge in [-0.05, 0) is 28.7 Å². The number of hydrogen-bond donors (Lipinski definition) is 1. The molecule has 1 aromatic heterocycles. The average Bonchev–Trinajstić information content (AvgIpc) is 2.35. The van der Waals surface area contributed by atoms with Crippen molar-refractivity contribution in [2.24, 2.45) is 0 Å². The fourth-order valence-corrected chi connectivity index (χ4v) is 1.89. The Hall–Kier alpha value is -1.21. The van der Waals surface area contributed by atoms with Crippen LogP contribution in [-0.4, -0.2) is 17.1 Å². The van der Waals surface area contributed by atoms with Gasteiger partial charge in [0.2, 0.25) is 0 Å². The molecule has 0 fully saturated rings. The highest BCUT2D eigenvalue weighted by atomic mass is 127. The first-order valence-corrected chi connectivity index (χ1v) is 6.18. The maximum absolute atomic E-state index is 5.16. The Morgan fingerprint density at radius 2 is 2.18 bits per heavy atom. The molecule has 0 radical (unpaired) electrons. The summed E-state index contributed by atoms with van der Waals surface area (Å²) in [6.45, 7) is 0.574. The van der Waals surface area contributed by atoms with Gasteiger partial charge in [0.25, 0.3) is 0 Å². The van der Waals surface area contributed by atoms with Gasteiger partial charge in [-0.2, -0.15) is 0 Å². The molecule has 0 atom stereocenters. The lowest BCUT2D eigenvalue weighted by Gasteiger charge is -2.11. The van der Waals surface area contributed by atoms with Crippen LogP contribution in [-0.2, 0) is 11.3 Å². The number of anilines is 2. The first-order chi connectivity index (χ1) is 8.31. The molecule has 0 unspecified atom stereocenters. The van der Waals surface area contributed by atoms with Crippen molar-refractivity contribution < 1.29 is 4.74 Å². The summed E-state index contributed by atoms with van der Waals surface area (Å²) in [4.78, 5) is 8.17. The summed E-state index contributed by atoms with van der Waals surface area (Å²) < 4.78 is 6.15. The molecule has 88 valence electrons. The second kappa shape index (κ2) is 5.92. The topological polar surface area (TPSA) is 47.0 Å². The molecule has 0 spiro atoms. The Morgan fingerprint density at radius 3 is 2.94 bits per heavy atom. The van der Waals surface area contributed by atoms with Crippen LogP contribution >= 0.6 is 22.6 Å². The van der Waals surface area contributed by atoms with E-state index >= 15 is 0 Å². The van der Waals surface area contributed by atoms with Crippen LogP contribution < -0.4 is 5.32 Å². The van der Waals surface area contributed by atoms with Crippen LogP contribution in [0.3, 0.4) is 0 Å². The Morgan fingerprint density at radius 1 is 1.35 bits per heavy atom. The predicted octanol–water partition coefficient (Wildman–Crippen LogP) is 2.97. The van der Waals surface area contributed by atoms with E-state index in [1.54, 1.807) is 13.3 Å². The van der Waals surface area contributed by atoms with Crippen LogP contribution in [0.15, 0.2) is 36.8 Å². The molecule has 1 heterocycles. The molecule has 1 N–H and O–H groups in total. The van der Waals surface area contributed by atoms with Gasteiger partial charge in [0, 0.05) is 24.6 Å². The standard InChI is InChI=1S/C12H12IN3O/c1-17-7-9-4-2-3-5-11(9)16-12-10(13)6-14-8-15-12/h2-6,8H,7H2,1H3,(H,14,15,16). The van der Waals surface area contributed by atoms with Crippen LogP contribution in [0.1, 0.15) is 5.56 Å². The van der Waals surface area contributed by atoms with Crippen LogP contribution in [0.25, 0.3) is 0 Å². The number of aromatic nitrogens is 2. The Bertz CT molecular complexity index is 505. The van der Waals surface area contributed by atoms with Gasteiger partial charge in [-0.25, -0.2) is 9.97 Å². The van der Waals surface area contributed by atoms with E-state index in [1.807, 2.05) is 24.3 Å². The van der Waals surface area contributed by atoms with Crippen LogP contribution in [0.4, 0.5) is 11.5 Å². The number of rotatable bonds is 4. The molecule has 4 nitrogen and oxygen atoms in total. The first kappa shape index (κ1) is 12.3. The fourth-order valence-electron chi connectivity index (χ4n) is 1.46. The molecule has 1 aromatic carbocycles. The molecule has 0 amide bonds. The zero-order valence-corrected chi connectivity index (χ0v) is 11.5. The summed E-state index contributed by atoms with van der Waals surface area (Å²) in [7, 11) is 1.69. The van der Waals surface area contributed by atoms with Gasteiger partial charge < -0.3 is 10.1 Å². The summed E-state index contributed by atoms with van der Waals surface area (Å²) in [5.41, 5.74) is 2.11. The molecule has 2 rings (SSSR count). The second-order valence-electron chi connectivity index (χ2n) is 3.43. The van der Waals surface area contributed by atoms with Gasteiger partial charge in [-0.15, -0.1) is 0 Å². The van der Waals surface area contributed by atoms with Gasteiger partial charge in [-0.1, -0.05) is 18.2 Å². The summed E-state index contributed by atoms with van der Waals surface area (Å²) in [6, 6.07) is 8.01. The Kier molecular flexibility index (Phi) is 4.27. The van der Waals surface area contributed by atoms with Gasteiger partial charge in [0.05, 0.1) is 10.2 Å². The van der Waals surface area contributed by atoms with Crippen molar-refractivity contribution in [2.45, 2.75) is 6.61 Å². The van der Waals surface area contributed by atoms with Crippen molar-refractivity contribution in [3.8, 4) is 0 Å². The Balaban J connectivity index is 2.27. The zero-order valence-electron chi connectivity index (χ0n) is 9.35. The number of nitrogens with zero attached hydrogens (tertiary/aromatic N) is 2. The molecule has 0 aliphatic rings. The molecule has 0 saturated heterocycles. The first-order valence-electron chi connectivity index (χ1n) is 5.10. The third-order valence-electron chi connectivity index (χ3n) is 2.24. The minimum absolute atomic E-state index is 0.574. The van der Waals surface area contributed by atoms with E-state index in [-0.39, 0.29) is 0 Å². The lowest BCUT2D eigenvalue weighted by Crippen LogP contribution is -2.00. The normalized spacial score (nSPS) is 10.2. The number of para-hydroxylation sites is 1. The van der Waals surface area contributed by atoms with Crippen molar-refractivity contribution in [3.05, 3.63) is 45.9 Å². The monoisotopic (exact) mass is 341 g/mol. The summed E-state index contributed by atoms with van der Waals surface area (Å²) >= 11 is 2.20. The van der Waals surface area contributed by atoms with Gasteiger partial charge in [0.1, 0.15) is 12.1 Å². The van der Waals surface area contributed by atoms with E-state index in [1.165, 1.54) is 6.33 Å². The number of nitrogens with one attached hydrogen (secondary N) is 1. The number of hydrogen-bond acceptors (Lipinski definition) is 4. The zero-order chi connectivity index (χ0) is 12.1. The van der Waals surface area contributed by atoms with E-state index in [4.69, 9.17) is 4.74 Å². The van der Waals surface area contributed by atoms with Crippen LogP contribution in [0, 0.1) is 3.57 Å². The third kappa shape index (κ3) is 3.13. The molecule has 0 bridgehead atoms. The maximum atomic E-state index is 5.16. The van der Waals surface area contributed by atoms with Crippen molar-refractivity contribution in [1.82, 2.24) is 9.97 Å². The van der Waals surface area contributed by atoms with Crippen molar-refractivity contribution in [1.29, 1.82) is 0 Å². The van der Waals surface area contributed by atoms with E-state index in [0.29, 0.717) is 6.61 Å². The van der Waals surface area contributed by atoms with Crippen LogP contribution in [0.5, 0.6) is 0 Å². The minimum Gasteiger partial charge on any atom is -0.380 e. The quantitative estimate of drug-likeness (QED) is 0.869. The van der Waals surface area contributed by atoms with E-state index in [2.05, 4.69) is 37.9 Å². The van der Waals surface area contributed by atoms with E-state index < -0.39 is 0 Å². The molecular weight excluding hydrogens is 329 g/mol. The summed E-state index contributed by atoms with van der Waals surface area (Å²) in [5.74, 6) is 0.809. The van der Waals surface area contributed by atoms with Gasteiger partial charge in [-0.3, -0.25) is 0 Å². The second-order valence-corrected chi connectivity index (χ2v) is 4.60. The number of methoxy groups -OCH3 is 1. The van der Waals surface area contributed by atoms with Crippen molar-refractivity contribution >= 4 is 34.1 Å². The highest BCUT2D eigenvalue weighted by molar-refractivity contribution is 14.1. The summed E-state index contributed by atoms with van der Waals surface area (Å²) in [6.07, 6.45) is 3.30. The highest BCUT2D eigenvalue weighted by Gasteiger charge is 2.05. The maximum Gasteiger partial charge on any atom is 0.147 e. The van der Waals surface area contributed by atoms with Gasteiger partial charge >= 0.3 is 0 Å². The van der Waals surface area contributed by atoms with Crippen molar-refractivity contribution in [2.75, 3.05) is 12.4 Å². The number of halogens is 1. The van der Waals surface area contributed by atoms with Crippen molar-refractivity contribution in [3.63, 3.8) is 0 Å². The SMILES string of the molecule is COCc1ccccc1Nc1ncncc1I. The minimum atomic E-state index is 0.574. The van der Waals surface area contributed by atoms with Crippen LogP contribution in [0.2, 0.25) is 0 Å². The largest absolute Gasteiger partial charge is 0.380 e. The average molecular weight is 341 g/mol. The molecule has 5 heteroatoms. The lowest BCUT2D eigenvalue weighted by atomic mass is 10.2. The van der Waals surface area contributed by atoms with E-state index in [9.17, 15) is 0 Å². The molecule has 2 aromatic rings. The number of ether oxygens (including phenoxy) is 1. The predicted molar refractivity (Wildman–Crippen MR) is 75.2 cm³/mol. The Labute approximate surface area is 114 Å². The molecular formula is C12H12IN3O. The molecule has 0 saturated carbocycles. The molecule has 0 aliphatic carbocycles. The fraction of sp³-hybridized carbons (Fsp3) is 0.167. The molecule has 0 aliphatic heterocycles. The van der Waals surface area contributed by atoms with E-state index in [0.717, 1.165) is 20.6 Å². The highest BCUT2D eigenvalue weighted by Crippen LogP contribution is 2.22. The third-order valence-corrected chi connectivity index (χ3v) is 3.03. The smallest absolute Gasteiger partial charge is 0.147 e. The molecule has 17 heavy (non-hydrogen) atoms. The lowest BCUT2D eigenvalue weighted by molar-refractivity contribution is 0.185. The number of benzene rings is 1. The summed E-state index contributed by atoms with van der Waals surface area (Å²) in [5, 5.41) is 3.29. The van der Waals surface area contributed by atoms with Gasteiger partial charge in [0.15, 0.2) is 0 Å².